The SMILES string of the molecule is C.CCCC(=O)OCC(C)(C)C1OCC2(CO1)COC(C(C)(C)COC(=O)CCC)OC2.CCCC(=O)OCCOCCOCCOC(=O)CCC. The summed E-state index contributed by atoms with van der Waals surface area (Å²) in [5, 5.41) is 0. The van der Waals surface area contributed by atoms with Crippen molar-refractivity contribution in [2.45, 2.75) is 127 Å². The normalized spacial score (nSPS) is 20.2. The van der Waals surface area contributed by atoms with Crippen molar-refractivity contribution in [3.05, 3.63) is 0 Å². The molecular formula is C38H70O14. The molecule has 2 heterocycles. The Kier molecular flexibility index (Phi) is 26.0. The molecule has 0 radical (unpaired) electrons. The third-order valence-electron chi connectivity index (χ3n) is 7.82. The lowest BCUT2D eigenvalue weighted by molar-refractivity contribution is -0.337. The zero-order valence-corrected chi connectivity index (χ0v) is 32.5. The Labute approximate surface area is 312 Å². The molecule has 0 aromatic rings. The van der Waals surface area contributed by atoms with Crippen LogP contribution in [0.3, 0.4) is 0 Å². The summed E-state index contributed by atoms with van der Waals surface area (Å²) in [5.74, 6) is -0.792. The fraction of sp³-hybridized carbons (Fsp3) is 0.895. The Hall–Kier alpha value is -2.36. The Morgan fingerprint density at radius 3 is 1.06 bits per heavy atom. The molecule has 0 aromatic heterocycles. The van der Waals surface area contributed by atoms with Gasteiger partial charge in [0.05, 0.1) is 58.3 Å². The van der Waals surface area contributed by atoms with Crippen LogP contribution < -0.4 is 0 Å². The van der Waals surface area contributed by atoms with Gasteiger partial charge in [0, 0.05) is 36.5 Å². The molecule has 2 fully saturated rings. The quantitative estimate of drug-likeness (QED) is 0.0700. The van der Waals surface area contributed by atoms with Crippen LogP contribution >= 0.6 is 0 Å². The molecule has 52 heavy (non-hydrogen) atoms. The lowest BCUT2D eigenvalue weighted by Gasteiger charge is -2.48. The summed E-state index contributed by atoms with van der Waals surface area (Å²) in [4.78, 5) is 45.4. The number of carbonyl (C=O) groups excluding carboxylic acids is 4. The first kappa shape index (κ1) is 49.6. The Bertz CT molecular complexity index is 901. The first-order valence-corrected chi connectivity index (χ1v) is 18.5. The Morgan fingerprint density at radius 1 is 0.500 bits per heavy atom. The van der Waals surface area contributed by atoms with Crippen LogP contribution in [0.4, 0.5) is 0 Å². The van der Waals surface area contributed by atoms with E-state index in [4.69, 9.17) is 47.4 Å². The average molecular weight is 751 g/mol. The summed E-state index contributed by atoms with van der Waals surface area (Å²) in [6.07, 6.45) is 3.87. The van der Waals surface area contributed by atoms with Crippen LogP contribution in [-0.2, 0) is 66.5 Å². The maximum absolute atomic E-state index is 11.7. The molecule has 0 aromatic carbocycles. The summed E-state index contributed by atoms with van der Waals surface area (Å²) >= 11 is 0. The van der Waals surface area contributed by atoms with Gasteiger partial charge in [0.2, 0.25) is 0 Å². The van der Waals surface area contributed by atoms with Crippen molar-refractivity contribution in [3.8, 4) is 0 Å². The minimum Gasteiger partial charge on any atom is -0.465 e. The predicted molar refractivity (Wildman–Crippen MR) is 193 cm³/mol. The van der Waals surface area contributed by atoms with Gasteiger partial charge in [0.1, 0.15) is 26.4 Å². The fourth-order valence-corrected chi connectivity index (χ4v) is 4.78. The zero-order valence-electron chi connectivity index (χ0n) is 32.5. The summed E-state index contributed by atoms with van der Waals surface area (Å²) in [7, 11) is 0. The fourth-order valence-electron chi connectivity index (χ4n) is 4.78. The topological polar surface area (TPSA) is 161 Å². The molecule has 2 aliphatic heterocycles. The van der Waals surface area contributed by atoms with Gasteiger partial charge in [0.25, 0.3) is 0 Å². The Morgan fingerprint density at radius 2 is 0.769 bits per heavy atom. The smallest absolute Gasteiger partial charge is 0.305 e. The van der Waals surface area contributed by atoms with Crippen LogP contribution in [0.25, 0.3) is 0 Å². The average Bonchev–Trinajstić information content (AvgIpc) is 3.09. The lowest BCUT2D eigenvalue weighted by Crippen LogP contribution is -2.57. The second-order valence-corrected chi connectivity index (χ2v) is 14.4. The number of carbonyl (C=O) groups is 4. The van der Waals surface area contributed by atoms with Crippen LogP contribution in [0.15, 0.2) is 0 Å². The van der Waals surface area contributed by atoms with Gasteiger partial charge in [-0.15, -0.1) is 0 Å². The highest BCUT2D eigenvalue weighted by atomic mass is 16.7. The third-order valence-corrected chi connectivity index (χ3v) is 7.82. The predicted octanol–water partition coefficient (Wildman–Crippen LogP) is 5.80. The molecule has 0 aliphatic carbocycles. The highest BCUT2D eigenvalue weighted by Gasteiger charge is 2.48. The largest absolute Gasteiger partial charge is 0.465 e. The van der Waals surface area contributed by atoms with Crippen LogP contribution in [0.2, 0.25) is 0 Å². The molecule has 0 amide bonds. The third kappa shape index (κ3) is 20.8. The van der Waals surface area contributed by atoms with E-state index >= 15 is 0 Å². The van der Waals surface area contributed by atoms with Gasteiger partial charge < -0.3 is 47.4 Å². The number of hydrogen-bond donors (Lipinski definition) is 0. The summed E-state index contributed by atoms with van der Waals surface area (Å²) < 4.78 is 55.0. The van der Waals surface area contributed by atoms with Gasteiger partial charge in [-0.3, -0.25) is 19.2 Å². The Balaban J connectivity index is 0.00000108. The van der Waals surface area contributed by atoms with E-state index < -0.39 is 23.4 Å². The van der Waals surface area contributed by atoms with E-state index in [2.05, 4.69) is 0 Å². The van der Waals surface area contributed by atoms with Gasteiger partial charge in [-0.1, -0.05) is 62.8 Å². The molecule has 0 N–H and O–H groups in total. The molecule has 2 rings (SSSR count). The van der Waals surface area contributed by atoms with Crippen molar-refractivity contribution in [2.24, 2.45) is 16.2 Å². The van der Waals surface area contributed by atoms with Crippen molar-refractivity contribution in [2.75, 3.05) is 79.3 Å². The highest BCUT2D eigenvalue weighted by molar-refractivity contribution is 5.70. The van der Waals surface area contributed by atoms with Gasteiger partial charge in [-0.05, 0) is 25.7 Å². The number of rotatable bonds is 23. The molecule has 2 aliphatic rings. The van der Waals surface area contributed by atoms with Crippen molar-refractivity contribution in [1.82, 2.24) is 0 Å². The molecule has 1 spiro atoms. The summed E-state index contributed by atoms with van der Waals surface area (Å²) in [6, 6.07) is 0. The second-order valence-electron chi connectivity index (χ2n) is 14.4. The molecule has 0 saturated carbocycles. The van der Waals surface area contributed by atoms with Crippen LogP contribution in [0.1, 0.15) is 114 Å². The molecule has 306 valence electrons. The van der Waals surface area contributed by atoms with Crippen molar-refractivity contribution in [3.63, 3.8) is 0 Å². The molecule has 2 saturated heterocycles. The highest BCUT2D eigenvalue weighted by Crippen LogP contribution is 2.38. The molecule has 0 unspecified atom stereocenters. The van der Waals surface area contributed by atoms with E-state index in [9.17, 15) is 19.2 Å². The van der Waals surface area contributed by atoms with Crippen LogP contribution in [-0.4, -0.2) is 116 Å². The lowest BCUT2D eigenvalue weighted by atomic mass is 9.86. The van der Waals surface area contributed by atoms with E-state index in [1.165, 1.54) is 0 Å². The van der Waals surface area contributed by atoms with Crippen molar-refractivity contribution in [1.29, 1.82) is 0 Å². The minimum atomic E-state index is -0.473. The van der Waals surface area contributed by atoms with E-state index in [-0.39, 0.29) is 63.1 Å². The number of esters is 4. The van der Waals surface area contributed by atoms with Gasteiger partial charge in [-0.25, -0.2) is 0 Å². The van der Waals surface area contributed by atoms with Gasteiger partial charge >= 0.3 is 23.9 Å². The van der Waals surface area contributed by atoms with E-state index in [1.54, 1.807) is 0 Å². The monoisotopic (exact) mass is 750 g/mol. The van der Waals surface area contributed by atoms with Crippen molar-refractivity contribution < 1.29 is 66.5 Å². The molecule has 14 nitrogen and oxygen atoms in total. The number of hydrogen-bond acceptors (Lipinski definition) is 14. The van der Waals surface area contributed by atoms with Crippen molar-refractivity contribution >= 4 is 23.9 Å². The first-order chi connectivity index (χ1) is 24.2. The summed E-state index contributed by atoms with van der Waals surface area (Å²) in [6.45, 7) is 19.9. The van der Waals surface area contributed by atoms with E-state index in [1.807, 2.05) is 55.4 Å². The van der Waals surface area contributed by atoms with Gasteiger partial charge in [-0.2, -0.15) is 0 Å². The first-order valence-electron chi connectivity index (χ1n) is 18.5. The minimum absolute atomic E-state index is 0. The number of ether oxygens (including phenoxy) is 10. The maximum Gasteiger partial charge on any atom is 0.305 e. The molecule has 14 heteroatoms. The summed E-state index contributed by atoms with van der Waals surface area (Å²) in [5.41, 5.74) is -1.31. The molecule has 0 bridgehead atoms. The molecular weight excluding hydrogens is 680 g/mol. The zero-order chi connectivity index (χ0) is 38.2. The van der Waals surface area contributed by atoms with E-state index in [0.717, 1.165) is 25.7 Å². The maximum atomic E-state index is 11.7. The molecule has 0 atom stereocenters. The second kappa shape index (κ2) is 27.3. The standard InChI is InChI=1S/C23H40O8.C14H26O6.CH4/c1-7-9-17(24)26-11-21(3,4)19-28-13-23(14-29-19)15-30-20(31-16-23)22(5,6)12-27-18(25)10-8-2;1-3-5-13(15)19-11-9-17-7-8-18-10-12-20-14(16)6-4-2;/h19-20H,7-16H2,1-6H3;3-12H2,1-2H3;1H4. The van der Waals surface area contributed by atoms with Crippen LogP contribution in [0, 0.1) is 16.2 Å². The van der Waals surface area contributed by atoms with E-state index in [0.29, 0.717) is 78.5 Å². The van der Waals surface area contributed by atoms with Gasteiger partial charge in [0.15, 0.2) is 12.6 Å². The van der Waals surface area contributed by atoms with Crippen LogP contribution in [0.5, 0.6) is 0 Å².